The van der Waals surface area contributed by atoms with Gasteiger partial charge in [-0.15, -0.1) is 0 Å². The lowest BCUT2D eigenvalue weighted by Gasteiger charge is -2.27. The van der Waals surface area contributed by atoms with Gasteiger partial charge in [-0.2, -0.15) is 0 Å². The highest BCUT2D eigenvalue weighted by Gasteiger charge is 2.27. The van der Waals surface area contributed by atoms with Crippen molar-refractivity contribution in [3.8, 4) is 0 Å². The molecule has 2 saturated carbocycles. The van der Waals surface area contributed by atoms with Crippen LogP contribution in [0.3, 0.4) is 0 Å². The summed E-state index contributed by atoms with van der Waals surface area (Å²) in [6.45, 7) is 9.63. The maximum Gasteiger partial charge on any atom is 0.0110 e. The molecule has 2 nitrogen and oxygen atoms in total. The molecule has 0 spiro atoms. The monoisotopic (exact) mass is 238 g/mol. The van der Waals surface area contributed by atoms with Crippen molar-refractivity contribution in [1.29, 1.82) is 0 Å². The quantitative estimate of drug-likeness (QED) is 0.686. The van der Waals surface area contributed by atoms with Gasteiger partial charge in [0.25, 0.3) is 0 Å². The molecule has 0 aliphatic heterocycles. The number of hydrogen-bond donors (Lipinski definition) is 1. The lowest BCUT2D eigenvalue weighted by Crippen LogP contribution is -2.35. The van der Waals surface area contributed by atoms with Crippen LogP contribution < -0.4 is 5.32 Å². The van der Waals surface area contributed by atoms with Gasteiger partial charge in [0.15, 0.2) is 0 Å². The van der Waals surface area contributed by atoms with E-state index in [1.807, 2.05) is 0 Å². The molecule has 2 aliphatic rings. The third-order valence-corrected chi connectivity index (χ3v) is 4.61. The molecule has 2 aliphatic carbocycles. The summed E-state index contributed by atoms with van der Waals surface area (Å²) in [6.07, 6.45) is 8.69. The van der Waals surface area contributed by atoms with Gasteiger partial charge in [-0.3, -0.25) is 4.90 Å². The van der Waals surface area contributed by atoms with Gasteiger partial charge in [0, 0.05) is 19.1 Å². The molecule has 1 N–H and O–H groups in total. The molecule has 0 unspecified atom stereocenters. The standard InChI is InChI=1S/C15H30N2/c1-3-17(15-8-9-15)11-10-16-12-14-6-4-13(2)5-7-14/h13-16H,3-12H2,1-2H3. The van der Waals surface area contributed by atoms with Crippen molar-refractivity contribution in [3.05, 3.63) is 0 Å². The Kier molecular flexibility index (Phi) is 5.30. The minimum Gasteiger partial charge on any atom is -0.315 e. The molecule has 0 heterocycles. The van der Waals surface area contributed by atoms with Crippen molar-refractivity contribution in [3.63, 3.8) is 0 Å². The maximum atomic E-state index is 3.68. The van der Waals surface area contributed by atoms with E-state index in [1.54, 1.807) is 0 Å². The molecule has 0 aromatic heterocycles. The topological polar surface area (TPSA) is 15.3 Å². The number of likely N-dealkylation sites (N-methyl/N-ethyl adjacent to an activating group) is 1. The van der Waals surface area contributed by atoms with Crippen LogP contribution in [-0.4, -0.2) is 37.1 Å². The van der Waals surface area contributed by atoms with Gasteiger partial charge in [0.05, 0.1) is 0 Å². The lowest BCUT2D eigenvalue weighted by molar-refractivity contribution is 0.257. The molecule has 2 heteroatoms. The first kappa shape index (κ1) is 13.4. The summed E-state index contributed by atoms with van der Waals surface area (Å²) >= 11 is 0. The van der Waals surface area contributed by atoms with Crippen LogP contribution in [0.4, 0.5) is 0 Å². The Bertz CT molecular complexity index is 205. The number of nitrogens with one attached hydrogen (secondary N) is 1. The minimum absolute atomic E-state index is 0.928. The van der Waals surface area contributed by atoms with Gasteiger partial charge in [0.1, 0.15) is 0 Å². The van der Waals surface area contributed by atoms with Gasteiger partial charge >= 0.3 is 0 Å². The maximum absolute atomic E-state index is 3.68. The Morgan fingerprint density at radius 1 is 1.06 bits per heavy atom. The summed E-state index contributed by atoms with van der Waals surface area (Å²) in [6, 6.07) is 0.928. The average Bonchev–Trinajstić information content (AvgIpc) is 3.16. The van der Waals surface area contributed by atoms with Crippen molar-refractivity contribution in [1.82, 2.24) is 10.2 Å². The van der Waals surface area contributed by atoms with E-state index in [-0.39, 0.29) is 0 Å². The molecule has 0 aromatic rings. The molecular formula is C15H30N2. The average molecular weight is 238 g/mol. The van der Waals surface area contributed by atoms with Crippen molar-refractivity contribution >= 4 is 0 Å². The van der Waals surface area contributed by atoms with E-state index in [0.717, 1.165) is 17.9 Å². The summed E-state index contributed by atoms with van der Waals surface area (Å²) in [5.41, 5.74) is 0. The smallest absolute Gasteiger partial charge is 0.0110 e. The zero-order valence-corrected chi connectivity index (χ0v) is 11.8. The molecule has 0 atom stereocenters. The third-order valence-electron chi connectivity index (χ3n) is 4.61. The van der Waals surface area contributed by atoms with E-state index in [9.17, 15) is 0 Å². The van der Waals surface area contributed by atoms with E-state index in [4.69, 9.17) is 0 Å². The van der Waals surface area contributed by atoms with Crippen LogP contribution in [0, 0.1) is 11.8 Å². The normalized spacial score (nSPS) is 29.8. The number of rotatable bonds is 7. The Labute approximate surface area is 107 Å². The zero-order chi connectivity index (χ0) is 12.1. The van der Waals surface area contributed by atoms with Crippen LogP contribution >= 0.6 is 0 Å². The van der Waals surface area contributed by atoms with Crippen LogP contribution in [0.15, 0.2) is 0 Å². The van der Waals surface area contributed by atoms with Gasteiger partial charge in [-0.05, 0) is 50.6 Å². The summed E-state index contributed by atoms with van der Waals surface area (Å²) in [4.78, 5) is 2.63. The van der Waals surface area contributed by atoms with Crippen LogP contribution in [-0.2, 0) is 0 Å². The van der Waals surface area contributed by atoms with Gasteiger partial charge in [-0.25, -0.2) is 0 Å². The Hall–Kier alpha value is -0.0800. The SMILES string of the molecule is CCN(CCNCC1CCC(C)CC1)C1CC1. The van der Waals surface area contributed by atoms with E-state index in [2.05, 4.69) is 24.1 Å². The lowest BCUT2D eigenvalue weighted by atomic mass is 9.83. The van der Waals surface area contributed by atoms with Crippen LogP contribution in [0.2, 0.25) is 0 Å². The highest BCUT2D eigenvalue weighted by molar-refractivity contribution is 4.84. The summed E-state index contributed by atoms with van der Waals surface area (Å²) in [5.74, 6) is 1.94. The molecule has 2 rings (SSSR count). The molecule has 2 fully saturated rings. The van der Waals surface area contributed by atoms with Crippen molar-refractivity contribution in [2.75, 3.05) is 26.2 Å². The van der Waals surface area contributed by atoms with Crippen LogP contribution in [0.5, 0.6) is 0 Å². The molecule has 0 radical (unpaired) electrons. The Balaban J connectivity index is 1.50. The first-order chi connectivity index (χ1) is 8.29. The molecule has 100 valence electrons. The first-order valence-corrected chi connectivity index (χ1v) is 7.74. The number of hydrogen-bond acceptors (Lipinski definition) is 2. The fourth-order valence-electron chi connectivity index (χ4n) is 3.10. The number of nitrogens with zero attached hydrogens (tertiary/aromatic N) is 1. The summed E-state index contributed by atoms with van der Waals surface area (Å²) in [7, 11) is 0. The Morgan fingerprint density at radius 3 is 2.35 bits per heavy atom. The zero-order valence-electron chi connectivity index (χ0n) is 11.8. The molecule has 0 aromatic carbocycles. The molecule has 17 heavy (non-hydrogen) atoms. The second-order valence-corrected chi connectivity index (χ2v) is 6.19. The Morgan fingerprint density at radius 2 is 1.76 bits per heavy atom. The van der Waals surface area contributed by atoms with Crippen molar-refractivity contribution in [2.24, 2.45) is 11.8 Å². The molecule has 0 saturated heterocycles. The predicted molar refractivity (Wildman–Crippen MR) is 74.3 cm³/mol. The van der Waals surface area contributed by atoms with E-state index in [0.29, 0.717) is 0 Å². The minimum atomic E-state index is 0.928. The van der Waals surface area contributed by atoms with Crippen molar-refractivity contribution in [2.45, 2.75) is 58.4 Å². The summed E-state index contributed by atoms with van der Waals surface area (Å²) < 4.78 is 0. The predicted octanol–water partition coefficient (Wildman–Crippen LogP) is 2.89. The fourth-order valence-corrected chi connectivity index (χ4v) is 3.10. The van der Waals surface area contributed by atoms with Crippen LogP contribution in [0.1, 0.15) is 52.4 Å². The van der Waals surface area contributed by atoms with Gasteiger partial charge in [0.2, 0.25) is 0 Å². The van der Waals surface area contributed by atoms with E-state index >= 15 is 0 Å². The highest BCUT2D eigenvalue weighted by Crippen LogP contribution is 2.28. The first-order valence-electron chi connectivity index (χ1n) is 7.74. The molecular weight excluding hydrogens is 208 g/mol. The fraction of sp³-hybridized carbons (Fsp3) is 1.00. The summed E-state index contributed by atoms with van der Waals surface area (Å²) in [5, 5.41) is 3.68. The second-order valence-electron chi connectivity index (χ2n) is 6.19. The molecule has 0 bridgehead atoms. The van der Waals surface area contributed by atoms with E-state index < -0.39 is 0 Å². The second kappa shape index (κ2) is 6.75. The third kappa shape index (κ3) is 4.59. The molecule has 0 amide bonds. The highest BCUT2D eigenvalue weighted by atomic mass is 15.2. The van der Waals surface area contributed by atoms with Crippen molar-refractivity contribution < 1.29 is 0 Å². The largest absolute Gasteiger partial charge is 0.315 e. The van der Waals surface area contributed by atoms with E-state index in [1.165, 1.54) is 64.7 Å². The van der Waals surface area contributed by atoms with Crippen LogP contribution in [0.25, 0.3) is 0 Å². The van der Waals surface area contributed by atoms with Gasteiger partial charge < -0.3 is 5.32 Å². The van der Waals surface area contributed by atoms with Gasteiger partial charge in [-0.1, -0.05) is 26.7 Å².